The number of hydrogen-bond acceptors (Lipinski definition) is 7. The average molecular weight is 474 g/mol. The highest BCUT2D eigenvalue weighted by atomic mass is 35.5. The van der Waals surface area contributed by atoms with Gasteiger partial charge in [0.2, 0.25) is 0 Å². The van der Waals surface area contributed by atoms with Gasteiger partial charge in [-0.3, -0.25) is 9.67 Å². The first-order valence-corrected chi connectivity index (χ1v) is 11.6. The molecule has 0 bridgehead atoms. The Balaban J connectivity index is 1.22. The Morgan fingerprint density at radius 3 is 2.88 bits per heavy atom. The number of aryl methyl sites for hydroxylation is 2. The molecule has 4 atom stereocenters. The number of nitrogens with two attached hydrogens (primary N) is 1. The van der Waals surface area contributed by atoms with Crippen LogP contribution in [0.15, 0.2) is 55.3 Å². The van der Waals surface area contributed by atoms with Crippen molar-refractivity contribution in [2.75, 3.05) is 11.1 Å². The lowest BCUT2D eigenvalue weighted by Crippen LogP contribution is -2.22. The quantitative estimate of drug-likeness (QED) is 0.412. The van der Waals surface area contributed by atoms with E-state index in [9.17, 15) is 0 Å². The molecule has 4 aromatic heterocycles. The van der Waals surface area contributed by atoms with Crippen LogP contribution in [-0.2, 0) is 11.8 Å². The summed E-state index contributed by atoms with van der Waals surface area (Å²) in [6.07, 6.45) is 14.3. The van der Waals surface area contributed by atoms with Crippen LogP contribution in [0.1, 0.15) is 23.5 Å². The van der Waals surface area contributed by atoms with Crippen molar-refractivity contribution in [2.24, 2.45) is 13.0 Å². The van der Waals surface area contributed by atoms with Gasteiger partial charge in [0.1, 0.15) is 17.9 Å². The Kier molecular flexibility index (Phi) is 5.00. The summed E-state index contributed by atoms with van der Waals surface area (Å²) in [4.78, 5) is 13.3. The summed E-state index contributed by atoms with van der Waals surface area (Å²) in [6, 6.07) is 3.82. The molecule has 9 heteroatoms. The largest absolute Gasteiger partial charge is 0.383 e. The summed E-state index contributed by atoms with van der Waals surface area (Å²) < 4.78 is 8.10. The maximum atomic E-state index is 6.80. The lowest BCUT2D eigenvalue weighted by atomic mass is 10.1. The molecule has 0 radical (unpaired) electrons. The Labute approximate surface area is 201 Å². The van der Waals surface area contributed by atoms with Gasteiger partial charge in [-0.05, 0) is 54.5 Å². The van der Waals surface area contributed by atoms with Crippen molar-refractivity contribution in [3.8, 4) is 11.3 Å². The van der Waals surface area contributed by atoms with Crippen molar-refractivity contribution in [1.29, 1.82) is 0 Å². The molecule has 3 N–H and O–H groups in total. The molecule has 1 aliphatic heterocycles. The molecular formula is C25H24ClN7O. The van der Waals surface area contributed by atoms with Crippen LogP contribution in [0, 0.1) is 12.8 Å². The number of anilines is 2. The third kappa shape index (κ3) is 3.69. The van der Waals surface area contributed by atoms with E-state index >= 15 is 0 Å². The van der Waals surface area contributed by atoms with Gasteiger partial charge >= 0.3 is 0 Å². The number of nitrogens with zero attached hydrogens (tertiary/aromatic N) is 5. The molecule has 2 aliphatic rings. The van der Waals surface area contributed by atoms with Crippen molar-refractivity contribution in [1.82, 2.24) is 24.7 Å². The van der Waals surface area contributed by atoms with E-state index in [2.05, 4.69) is 37.6 Å². The minimum absolute atomic E-state index is 0.0757. The zero-order chi connectivity index (χ0) is 23.4. The molecule has 34 heavy (non-hydrogen) atoms. The Morgan fingerprint density at radius 2 is 2.09 bits per heavy atom. The van der Waals surface area contributed by atoms with Crippen LogP contribution < -0.4 is 11.1 Å². The Morgan fingerprint density at radius 1 is 1.21 bits per heavy atom. The van der Waals surface area contributed by atoms with Crippen LogP contribution in [0.3, 0.4) is 0 Å². The van der Waals surface area contributed by atoms with E-state index in [-0.39, 0.29) is 12.3 Å². The lowest BCUT2D eigenvalue weighted by Gasteiger charge is -2.17. The van der Waals surface area contributed by atoms with Crippen LogP contribution in [0.4, 0.5) is 11.6 Å². The molecule has 0 spiro atoms. The molecular weight excluding hydrogens is 450 g/mol. The van der Waals surface area contributed by atoms with E-state index in [4.69, 9.17) is 22.1 Å². The zero-order valence-corrected chi connectivity index (χ0v) is 19.6. The molecule has 6 rings (SSSR count). The van der Waals surface area contributed by atoms with E-state index < -0.39 is 0 Å². The summed E-state index contributed by atoms with van der Waals surface area (Å²) in [6.45, 7) is 1.99. The molecule has 1 aliphatic carbocycles. The fraction of sp³-hybridized carbons (Fsp3) is 0.280. The Bertz CT molecular complexity index is 1430. The monoisotopic (exact) mass is 473 g/mol. The maximum absolute atomic E-state index is 6.80. The number of ether oxygens (including phenoxy) is 1. The second-order valence-corrected chi connectivity index (χ2v) is 9.35. The summed E-state index contributed by atoms with van der Waals surface area (Å²) in [5.41, 5.74) is 10.0. The van der Waals surface area contributed by atoms with Gasteiger partial charge in [-0.25, -0.2) is 9.97 Å². The van der Waals surface area contributed by atoms with Gasteiger partial charge in [0, 0.05) is 48.2 Å². The van der Waals surface area contributed by atoms with Gasteiger partial charge < -0.3 is 15.8 Å². The van der Waals surface area contributed by atoms with E-state index in [1.807, 2.05) is 43.1 Å². The van der Waals surface area contributed by atoms with E-state index in [0.717, 1.165) is 22.9 Å². The Hall–Kier alpha value is -3.49. The predicted molar refractivity (Wildman–Crippen MR) is 132 cm³/mol. The number of aromatic nitrogens is 5. The molecule has 2 unspecified atom stereocenters. The van der Waals surface area contributed by atoms with Gasteiger partial charge in [-0.2, -0.15) is 5.10 Å². The molecule has 0 saturated heterocycles. The van der Waals surface area contributed by atoms with Crippen LogP contribution in [0.5, 0.6) is 0 Å². The topological polar surface area (TPSA) is 104 Å². The molecule has 1 saturated carbocycles. The van der Waals surface area contributed by atoms with Crippen molar-refractivity contribution in [3.63, 3.8) is 0 Å². The van der Waals surface area contributed by atoms with Crippen molar-refractivity contribution in [3.05, 3.63) is 71.4 Å². The standard InChI is InChI=1S/C25H24ClN7O/c1-13-5-6-28-10-18(13)24-23(26)17-8-21(29-11-19(17)25(27)32-24)31-22-4-3-20(34-22)16-7-15(16)14-9-30-33(2)12-14/h3-6,8-12,15-16,20,22H,7H2,1-2H3,(H2,27,32)(H,29,31)/t15-,16+,20?,22?/m0/s1. The fourth-order valence-electron chi connectivity index (χ4n) is 4.70. The number of halogens is 1. The predicted octanol–water partition coefficient (Wildman–Crippen LogP) is 4.47. The molecule has 172 valence electrons. The highest BCUT2D eigenvalue weighted by molar-refractivity contribution is 6.38. The molecule has 1 fully saturated rings. The number of fused-ring (bicyclic) bond motifs is 1. The van der Waals surface area contributed by atoms with Gasteiger partial charge in [0.05, 0.1) is 23.0 Å². The molecule has 0 aromatic carbocycles. The summed E-state index contributed by atoms with van der Waals surface area (Å²) >= 11 is 6.80. The molecule has 4 aromatic rings. The van der Waals surface area contributed by atoms with Gasteiger partial charge in [0.25, 0.3) is 0 Å². The first kappa shape index (κ1) is 21.1. The van der Waals surface area contributed by atoms with E-state index in [0.29, 0.717) is 39.6 Å². The number of nitrogens with one attached hydrogen (secondary N) is 1. The first-order chi connectivity index (χ1) is 16.5. The minimum Gasteiger partial charge on any atom is -0.383 e. The second-order valence-electron chi connectivity index (χ2n) is 8.97. The number of nitrogen functional groups attached to an aromatic ring is 1. The normalized spacial score (nSPS) is 23.5. The third-order valence-electron chi connectivity index (χ3n) is 6.63. The summed E-state index contributed by atoms with van der Waals surface area (Å²) in [7, 11) is 1.94. The fourth-order valence-corrected chi connectivity index (χ4v) is 5.00. The highest BCUT2D eigenvalue weighted by Crippen LogP contribution is 2.51. The van der Waals surface area contributed by atoms with Crippen LogP contribution in [0.2, 0.25) is 5.02 Å². The van der Waals surface area contributed by atoms with Gasteiger partial charge in [0.15, 0.2) is 0 Å². The smallest absolute Gasteiger partial charge is 0.149 e. The molecule has 0 amide bonds. The molecule has 8 nitrogen and oxygen atoms in total. The molecule has 5 heterocycles. The number of pyridine rings is 3. The first-order valence-electron chi connectivity index (χ1n) is 11.2. The van der Waals surface area contributed by atoms with Crippen molar-refractivity contribution in [2.45, 2.75) is 31.6 Å². The van der Waals surface area contributed by atoms with Crippen molar-refractivity contribution >= 4 is 34.0 Å². The van der Waals surface area contributed by atoms with Crippen LogP contribution >= 0.6 is 11.6 Å². The SMILES string of the molecule is Cc1ccncc1-c1nc(N)c2cnc(NC3C=CC([C@@H]4C[C@H]4c4cnn(C)c4)O3)cc2c1Cl. The van der Waals surface area contributed by atoms with E-state index in [1.54, 1.807) is 18.6 Å². The number of hydrogen-bond donors (Lipinski definition) is 2. The van der Waals surface area contributed by atoms with Crippen LogP contribution in [-0.4, -0.2) is 37.1 Å². The van der Waals surface area contributed by atoms with Gasteiger partial charge in [-0.15, -0.1) is 0 Å². The van der Waals surface area contributed by atoms with Crippen molar-refractivity contribution < 1.29 is 4.74 Å². The summed E-state index contributed by atoms with van der Waals surface area (Å²) in [5, 5.41) is 9.65. The third-order valence-corrected chi connectivity index (χ3v) is 7.02. The number of rotatable bonds is 5. The summed E-state index contributed by atoms with van der Waals surface area (Å²) in [5.74, 6) is 2.01. The average Bonchev–Trinajstić information content (AvgIpc) is 3.28. The lowest BCUT2D eigenvalue weighted by molar-refractivity contribution is 0.0618. The second kappa shape index (κ2) is 8.07. The van der Waals surface area contributed by atoms with Gasteiger partial charge in [-0.1, -0.05) is 17.7 Å². The maximum Gasteiger partial charge on any atom is 0.149 e. The zero-order valence-electron chi connectivity index (χ0n) is 18.8. The highest BCUT2D eigenvalue weighted by Gasteiger charge is 2.46. The van der Waals surface area contributed by atoms with Crippen LogP contribution in [0.25, 0.3) is 22.0 Å². The minimum atomic E-state index is -0.261. The van der Waals surface area contributed by atoms with E-state index in [1.165, 1.54) is 5.56 Å².